The minimum Gasteiger partial charge on any atom is -0.438 e. The van der Waals surface area contributed by atoms with Crippen molar-refractivity contribution in [1.29, 1.82) is 0 Å². The van der Waals surface area contributed by atoms with Crippen LogP contribution in [-0.4, -0.2) is 4.98 Å². The maximum atomic E-state index is 5.92. The minimum absolute atomic E-state index is 0.185. The molecule has 0 saturated heterocycles. The van der Waals surface area contributed by atoms with Crippen LogP contribution in [-0.2, 0) is 0 Å². The topological polar surface area (TPSA) is 22.1 Å². The number of benzene rings is 2. The highest BCUT2D eigenvalue weighted by atomic mass is 16.5. The number of hydrogen-bond acceptors (Lipinski definition) is 2. The van der Waals surface area contributed by atoms with Gasteiger partial charge in [-0.25, -0.2) is 4.98 Å². The highest BCUT2D eigenvalue weighted by Crippen LogP contribution is 2.45. The molecule has 0 bridgehead atoms. The van der Waals surface area contributed by atoms with Crippen LogP contribution in [0, 0.1) is 0 Å². The predicted octanol–water partition coefficient (Wildman–Crippen LogP) is 4.37. The fraction of sp³-hybridized carbons (Fsp3) is 0.0556. The Hall–Kier alpha value is -2.61. The number of aromatic nitrogens is 1. The van der Waals surface area contributed by atoms with E-state index in [1.54, 1.807) is 6.20 Å². The molecule has 4 rings (SSSR count). The van der Waals surface area contributed by atoms with Crippen LogP contribution in [0.25, 0.3) is 0 Å². The molecule has 2 aromatic carbocycles. The van der Waals surface area contributed by atoms with Crippen LogP contribution >= 0.6 is 0 Å². The molecular formula is C18H13NO. The summed E-state index contributed by atoms with van der Waals surface area (Å²) in [5, 5.41) is 0. The van der Waals surface area contributed by atoms with Crippen LogP contribution < -0.4 is 4.74 Å². The Labute approximate surface area is 117 Å². The monoisotopic (exact) mass is 259 g/mol. The number of pyridine rings is 1. The number of hydrogen-bond donors (Lipinski definition) is 0. The zero-order valence-electron chi connectivity index (χ0n) is 10.9. The summed E-state index contributed by atoms with van der Waals surface area (Å²) in [5.74, 6) is 1.79. The third kappa shape index (κ3) is 1.69. The van der Waals surface area contributed by atoms with Gasteiger partial charge in [-0.3, -0.25) is 0 Å². The molecule has 1 atom stereocenters. The van der Waals surface area contributed by atoms with Crippen molar-refractivity contribution >= 4 is 0 Å². The molecule has 0 N–H and O–H groups in total. The molecule has 1 unspecified atom stereocenters. The van der Waals surface area contributed by atoms with Gasteiger partial charge >= 0.3 is 0 Å². The third-order valence-corrected chi connectivity index (χ3v) is 3.68. The lowest BCUT2D eigenvalue weighted by Crippen LogP contribution is -2.12. The van der Waals surface area contributed by atoms with Crippen molar-refractivity contribution in [2.24, 2.45) is 0 Å². The van der Waals surface area contributed by atoms with Gasteiger partial charge in [-0.05, 0) is 17.7 Å². The lowest BCUT2D eigenvalue weighted by atomic mass is 9.84. The van der Waals surface area contributed by atoms with Crippen molar-refractivity contribution in [1.82, 2.24) is 4.98 Å². The van der Waals surface area contributed by atoms with E-state index in [1.807, 2.05) is 24.3 Å². The first-order chi connectivity index (χ1) is 9.93. The first kappa shape index (κ1) is 11.2. The highest BCUT2D eigenvalue weighted by molar-refractivity contribution is 5.55. The van der Waals surface area contributed by atoms with Gasteiger partial charge in [-0.15, -0.1) is 0 Å². The van der Waals surface area contributed by atoms with E-state index in [-0.39, 0.29) is 5.92 Å². The van der Waals surface area contributed by atoms with Crippen LogP contribution in [0.3, 0.4) is 0 Å². The molecule has 0 aliphatic carbocycles. The van der Waals surface area contributed by atoms with Gasteiger partial charge in [0, 0.05) is 23.2 Å². The summed E-state index contributed by atoms with van der Waals surface area (Å²) < 4.78 is 5.92. The predicted molar refractivity (Wildman–Crippen MR) is 78.1 cm³/mol. The second kappa shape index (κ2) is 4.49. The van der Waals surface area contributed by atoms with Crippen LogP contribution in [0.15, 0.2) is 72.9 Å². The second-order valence-electron chi connectivity index (χ2n) is 4.88. The molecule has 0 spiro atoms. The lowest BCUT2D eigenvalue weighted by Gasteiger charge is -2.27. The van der Waals surface area contributed by atoms with Gasteiger partial charge in [0.2, 0.25) is 5.88 Å². The molecule has 2 heterocycles. The quantitative estimate of drug-likeness (QED) is 0.506. The van der Waals surface area contributed by atoms with Crippen molar-refractivity contribution in [3.05, 3.63) is 89.6 Å². The summed E-state index contributed by atoms with van der Waals surface area (Å²) in [6.07, 6.45) is 1.77. The van der Waals surface area contributed by atoms with E-state index in [9.17, 15) is 0 Å². The van der Waals surface area contributed by atoms with Crippen molar-refractivity contribution < 1.29 is 4.74 Å². The Morgan fingerprint density at radius 1 is 0.750 bits per heavy atom. The van der Waals surface area contributed by atoms with Crippen LogP contribution in [0.5, 0.6) is 11.6 Å². The van der Waals surface area contributed by atoms with Gasteiger partial charge < -0.3 is 4.74 Å². The summed E-state index contributed by atoms with van der Waals surface area (Å²) in [4.78, 5) is 4.37. The lowest BCUT2D eigenvalue weighted by molar-refractivity contribution is 0.434. The molecule has 1 aliphatic rings. The van der Waals surface area contributed by atoms with E-state index >= 15 is 0 Å². The second-order valence-corrected chi connectivity index (χ2v) is 4.88. The molecular weight excluding hydrogens is 246 g/mol. The number of nitrogens with zero attached hydrogens (tertiary/aromatic N) is 1. The van der Waals surface area contributed by atoms with E-state index in [0.717, 1.165) is 11.3 Å². The van der Waals surface area contributed by atoms with E-state index in [0.29, 0.717) is 5.88 Å². The van der Waals surface area contributed by atoms with Gasteiger partial charge in [0.15, 0.2) is 0 Å². The molecule has 3 aromatic rings. The Morgan fingerprint density at radius 2 is 1.50 bits per heavy atom. The molecule has 2 nitrogen and oxygen atoms in total. The Morgan fingerprint density at radius 3 is 2.40 bits per heavy atom. The van der Waals surface area contributed by atoms with Crippen LogP contribution in [0.2, 0.25) is 0 Å². The Bertz CT molecular complexity index is 707. The largest absolute Gasteiger partial charge is 0.438 e. The molecule has 0 fully saturated rings. The maximum absolute atomic E-state index is 5.92. The van der Waals surface area contributed by atoms with Crippen molar-refractivity contribution in [2.75, 3.05) is 0 Å². The van der Waals surface area contributed by atoms with Crippen molar-refractivity contribution in [2.45, 2.75) is 5.92 Å². The SMILES string of the molecule is c1ccc(C2c3ccccc3Oc3ncccc32)cc1. The summed E-state index contributed by atoms with van der Waals surface area (Å²) in [7, 11) is 0. The summed E-state index contributed by atoms with van der Waals surface area (Å²) >= 11 is 0. The van der Waals surface area contributed by atoms with E-state index in [1.165, 1.54) is 11.1 Å². The van der Waals surface area contributed by atoms with Crippen LogP contribution in [0.1, 0.15) is 22.6 Å². The van der Waals surface area contributed by atoms with Gasteiger partial charge in [0.05, 0.1) is 0 Å². The fourth-order valence-corrected chi connectivity index (χ4v) is 2.80. The molecule has 2 heteroatoms. The van der Waals surface area contributed by atoms with Crippen molar-refractivity contribution in [3.63, 3.8) is 0 Å². The molecule has 0 radical (unpaired) electrons. The molecule has 96 valence electrons. The van der Waals surface area contributed by atoms with Gasteiger partial charge in [0.1, 0.15) is 5.75 Å². The molecule has 0 saturated carbocycles. The number of rotatable bonds is 1. The van der Waals surface area contributed by atoms with Gasteiger partial charge in [-0.2, -0.15) is 0 Å². The third-order valence-electron chi connectivity index (χ3n) is 3.68. The molecule has 1 aromatic heterocycles. The maximum Gasteiger partial charge on any atom is 0.223 e. The van der Waals surface area contributed by atoms with E-state index in [2.05, 4.69) is 47.4 Å². The molecule has 20 heavy (non-hydrogen) atoms. The number of ether oxygens (including phenoxy) is 1. The minimum atomic E-state index is 0.185. The normalized spacial score (nSPS) is 15.9. The smallest absolute Gasteiger partial charge is 0.223 e. The van der Waals surface area contributed by atoms with Crippen molar-refractivity contribution in [3.8, 4) is 11.6 Å². The summed E-state index contributed by atoms with van der Waals surface area (Å²) in [6, 6.07) is 22.7. The first-order valence-electron chi connectivity index (χ1n) is 6.70. The standard InChI is InChI=1S/C18H13NO/c1-2-7-13(8-3-1)17-14-9-4-5-11-16(14)20-18-15(17)10-6-12-19-18/h1-12,17H. The average molecular weight is 259 g/mol. The first-order valence-corrected chi connectivity index (χ1v) is 6.70. The number of para-hydroxylation sites is 1. The highest BCUT2D eigenvalue weighted by Gasteiger charge is 2.28. The average Bonchev–Trinajstić information content (AvgIpc) is 2.53. The van der Waals surface area contributed by atoms with E-state index in [4.69, 9.17) is 4.74 Å². The summed E-state index contributed by atoms with van der Waals surface area (Å²) in [6.45, 7) is 0. The Kier molecular flexibility index (Phi) is 2.52. The number of fused-ring (bicyclic) bond motifs is 2. The molecule has 1 aliphatic heterocycles. The van der Waals surface area contributed by atoms with E-state index < -0.39 is 0 Å². The zero-order chi connectivity index (χ0) is 13.4. The Balaban J connectivity index is 1.98. The van der Waals surface area contributed by atoms with Gasteiger partial charge in [0.25, 0.3) is 0 Å². The van der Waals surface area contributed by atoms with Crippen LogP contribution in [0.4, 0.5) is 0 Å². The summed E-state index contributed by atoms with van der Waals surface area (Å²) in [5.41, 5.74) is 3.58. The van der Waals surface area contributed by atoms with Gasteiger partial charge in [-0.1, -0.05) is 54.6 Å². The fourth-order valence-electron chi connectivity index (χ4n) is 2.80. The molecule has 0 amide bonds. The zero-order valence-corrected chi connectivity index (χ0v) is 10.9.